The normalized spacial score (nSPS) is 10.2. The summed E-state index contributed by atoms with van der Waals surface area (Å²) in [5, 5.41) is 0. The van der Waals surface area contributed by atoms with Gasteiger partial charge in [0.2, 0.25) is 0 Å². The van der Waals surface area contributed by atoms with E-state index in [0.717, 1.165) is 29.8 Å². The highest BCUT2D eigenvalue weighted by Gasteiger charge is 2.13. The Morgan fingerprint density at radius 3 is 2.60 bits per heavy atom. The number of nitrogens with two attached hydrogens (primary N) is 1. The summed E-state index contributed by atoms with van der Waals surface area (Å²) in [5.74, 6) is -0.211. The third-order valence-corrected chi connectivity index (χ3v) is 3.18. The zero-order valence-electron chi connectivity index (χ0n) is 12.3. The van der Waals surface area contributed by atoms with Crippen LogP contribution in [0.2, 0.25) is 0 Å². The number of benzene rings is 1. The Bertz CT molecular complexity index is 489. The highest BCUT2D eigenvalue weighted by atomic mass is 32.1. The van der Waals surface area contributed by atoms with Crippen LogP contribution in [0.15, 0.2) is 18.2 Å². The summed E-state index contributed by atoms with van der Waals surface area (Å²) in [5.41, 5.74) is 8.53. The molecule has 4 nitrogen and oxygen atoms in total. The zero-order valence-corrected chi connectivity index (χ0v) is 13.1. The summed E-state index contributed by atoms with van der Waals surface area (Å²) in [7, 11) is 0. The van der Waals surface area contributed by atoms with Gasteiger partial charge in [-0.25, -0.2) is 0 Å². The first-order valence-corrected chi connectivity index (χ1v) is 7.21. The van der Waals surface area contributed by atoms with Gasteiger partial charge in [0.1, 0.15) is 11.5 Å². The molecule has 0 aliphatic heterocycles. The van der Waals surface area contributed by atoms with E-state index >= 15 is 0 Å². The van der Waals surface area contributed by atoms with Gasteiger partial charge in [0, 0.05) is 17.8 Å². The number of nitrogens with zero attached hydrogens (tertiary/aromatic N) is 1. The largest absolute Gasteiger partial charge is 0.465 e. The minimum atomic E-state index is -0.211. The van der Waals surface area contributed by atoms with E-state index < -0.39 is 0 Å². The van der Waals surface area contributed by atoms with E-state index in [1.165, 1.54) is 0 Å². The van der Waals surface area contributed by atoms with E-state index in [1.807, 2.05) is 36.9 Å². The maximum absolute atomic E-state index is 11.7. The van der Waals surface area contributed by atoms with Crippen molar-refractivity contribution in [3.8, 4) is 0 Å². The summed E-state index contributed by atoms with van der Waals surface area (Å²) < 4.78 is 5.01. The van der Waals surface area contributed by atoms with Crippen LogP contribution >= 0.6 is 12.2 Å². The molecule has 0 spiro atoms. The Hall–Kier alpha value is -1.62. The first-order chi connectivity index (χ1) is 9.49. The van der Waals surface area contributed by atoms with Crippen molar-refractivity contribution in [1.29, 1.82) is 0 Å². The lowest BCUT2D eigenvalue weighted by atomic mass is 10.1. The number of hydrogen-bond acceptors (Lipinski definition) is 4. The lowest BCUT2D eigenvalue weighted by Gasteiger charge is -2.24. The van der Waals surface area contributed by atoms with Gasteiger partial charge in [-0.2, -0.15) is 0 Å². The van der Waals surface area contributed by atoms with Crippen LogP contribution in [0.25, 0.3) is 0 Å². The van der Waals surface area contributed by atoms with Gasteiger partial charge < -0.3 is 15.4 Å². The molecule has 1 rings (SSSR count). The van der Waals surface area contributed by atoms with Crippen LogP contribution in [0.3, 0.4) is 0 Å². The van der Waals surface area contributed by atoms with E-state index in [9.17, 15) is 4.79 Å². The van der Waals surface area contributed by atoms with Crippen LogP contribution in [-0.2, 0) is 9.53 Å². The van der Waals surface area contributed by atoms with Crippen LogP contribution < -0.4 is 10.6 Å². The SMILES string of the molecule is CCCN(CC(=O)OCC)c1ccc(C(N)=S)c(C)c1. The Labute approximate surface area is 125 Å². The van der Waals surface area contributed by atoms with E-state index in [4.69, 9.17) is 22.7 Å². The highest BCUT2D eigenvalue weighted by molar-refractivity contribution is 7.80. The molecule has 0 bridgehead atoms. The van der Waals surface area contributed by atoms with Crippen LogP contribution in [0, 0.1) is 6.92 Å². The molecule has 0 radical (unpaired) electrons. The minimum absolute atomic E-state index is 0.211. The minimum Gasteiger partial charge on any atom is -0.465 e. The molecule has 0 unspecified atom stereocenters. The monoisotopic (exact) mass is 294 g/mol. The van der Waals surface area contributed by atoms with E-state index in [2.05, 4.69) is 6.92 Å². The second-order valence-corrected chi connectivity index (χ2v) is 5.03. The van der Waals surface area contributed by atoms with Crippen molar-refractivity contribution >= 4 is 28.9 Å². The lowest BCUT2D eigenvalue weighted by molar-refractivity contribution is -0.141. The molecule has 0 saturated carbocycles. The smallest absolute Gasteiger partial charge is 0.325 e. The zero-order chi connectivity index (χ0) is 15.1. The first kappa shape index (κ1) is 16.4. The average molecular weight is 294 g/mol. The van der Waals surface area contributed by atoms with Crippen LogP contribution in [0.1, 0.15) is 31.4 Å². The fraction of sp³-hybridized carbons (Fsp3) is 0.467. The number of thiocarbonyl (C=S) groups is 1. The maximum atomic E-state index is 11.7. The number of carbonyl (C=O) groups is 1. The molecule has 0 atom stereocenters. The number of rotatable bonds is 7. The fourth-order valence-electron chi connectivity index (χ4n) is 2.05. The van der Waals surface area contributed by atoms with Crippen molar-refractivity contribution in [2.75, 3.05) is 24.6 Å². The van der Waals surface area contributed by atoms with Gasteiger partial charge in [-0.1, -0.05) is 19.1 Å². The Kier molecular flexibility index (Phi) is 6.45. The Morgan fingerprint density at radius 1 is 1.40 bits per heavy atom. The molecular weight excluding hydrogens is 272 g/mol. The number of aryl methyl sites for hydroxylation is 1. The summed E-state index contributed by atoms with van der Waals surface area (Å²) >= 11 is 5.00. The molecule has 0 saturated heterocycles. The number of hydrogen-bond donors (Lipinski definition) is 1. The summed E-state index contributed by atoms with van der Waals surface area (Å²) in [6.45, 7) is 7.31. The predicted molar refractivity (Wildman–Crippen MR) is 86.2 cm³/mol. The molecule has 1 aromatic carbocycles. The molecule has 0 heterocycles. The molecule has 0 aromatic heterocycles. The highest BCUT2D eigenvalue weighted by Crippen LogP contribution is 2.19. The molecule has 5 heteroatoms. The molecule has 0 aliphatic rings. The van der Waals surface area contributed by atoms with Gasteiger partial charge in [-0.15, -0.1) is 0 Å². The van der Waals surface area contributed by atoms with Gasteiger partial charge in [-0.05, 0) is 44.0 Å². The van der Waals surface area contributed by atoms with Crippen molar-refractivity contribution in [1.82, 2.24) is 0 Å². The number of ether oxygens (including phenoxy) is 1. The molecule has 2 N–H and O–H groups in total. The number of carbonyl (C=O) groups excluding carboxylic acids is 1. The van der Waals surface area contributed by atoms with Crippen LogP contribution in [0.5, 0.6) is 0 Å². The van der Waals surface area contributed by atoms with Gasteiger partial charge in [0.25, 0.3) is 0 Å². The number of esters is 1. The van der Waals surface area contributed by atoms with E-state index in [-0.39, 0.29) is 12.5 Å². The second-order valence-electron chi connectivity index (χ2n) is 4.59. The van der Waals surface area contributed by atoms with Gasteiger partial charge >= 0.3 is 5.97 Å². The standard InChI is InChI=1S/C15H22N2O2S/c1-4-8-17(10-14(18)19-5-2)12-6-7-13(15(16)20)11(3)9-12/h6-7,9H,4-5,8,10H2,1-3H3,(H2,16,20). The average Bonchev–Trinajstić information content (AvgIpc) is 2.38. The maximum Gasteiger partial charge on any atom is 0.325 e. The van der Waals surface area contributed by atoms with Crippen molar-refractivity contribution in [2.45, 2.75) is 27.2 Å². The lowest BCUT2D eigenvalue weighted by Crippen LogP contribution is -2.31. The molecular formula is C15H22N2O2S. The van der Waals surface area contributed by atoms with Crippen molar-refractivity contribution in [3.05, 3.63) is 29.3 Å². The predicted octanol–water partition coefficient (Wildman–Crippen LogP) is 2.41. The van der Waals surface area contributed by atoms with E-state index in [1.54, 1.807) is 0 Å². The quantitative estimate of drug-likeness (QED) is 0.618. The summed E-state index contributed by atoms with van der Waals surface area (Å²) in [6.07, 6.45) is 0.954. The second kappa shape index (κ2) is 7.85. The first-order valence-electron chi connectivity index (χ1n) is 6.80. The van der Waals surface area contributed by atoms with Crippen molar-refractivity contribution in [3.63, 3.8) is 0 Å². The summed E-state index contributed by atoms with van der Waals surface area (Å²) in [6, 6.07) is 5.85. The Morgan fingerprint density at radius 2 is 2.10 bits per heavy atom. The molecule has 0 amide bonds. The van der Waals surface area contributed by atoms with Gasteiger partial charge in [0.05, 0.1) is 6.61 Å². The van der Waals surface area contributed by atoms with Crippen molar-refractivity contribution < 1.29 is 9.53 Å². The van der Waals surface area contributed by atoms with Crippen molar-refractivity contribution in [2.24, 2.45) is 5.73 Å². The molecule has 0 fully saturated rings. The van der Waals surface area contributed by atoms with Crippen LogP contribution in [-0.4, -0.2) is 30.7 Å². The fourth-order valence-corrected chi connectivity index (χ4v) is 2.28. The molecule has 20 heavy (non-hydrogen) atoms. The van der Waals surface area contributed by atoms with Gasteiger partial charge in [-0.3, -0.25) is 4.79 Å². The third kappa shape index (κ3) is 4.49. The van der Waals surface area contributed by atoms with Crippen LogP contribution in [0.4, 0.5) is 5.69 Å². The Balaban J connectivity index is 2.94. The summed E-state index contributed by atoms with van der Waals surface area (Å²) in [4.78, 5) is 14.1. The van der Waals surface area contributed by atoms with E-state index in [0.29, 0.717) is 11.6 Å². The molecule has 0 aliphatic carbocycles. The topological polar surface area (TPSA) is 55.6 Å². The molecule has 110 valence electrons. The van der Waals surface area contributed by atoms with Gasteiger partial charge in [0.15, 0.2) is 0 Å². The number of anilines is 1. The third-order valence-electron chi connectivity index (χ3n) is 2.96. The molecule has 1 aromatic rings.